The Hall–Kier alpha value is -0.578. The van der Waals surface area contributed by atoms with Gasteiger partial charge < -0.3 is 11.4 Å². The van der Waals surface area contributed by atoms with Crippen molar-refractivity contribution >= 4 is 32.5 Å². The first kappa shape index (κ1) is 36.4. The Morgan fingerprint density at radius 3 is 0.811 bits per heavy atom. The van der Waals surface area contributed by atoms with E-state index in [2.05, 4.69) is 0 Å². The molecule has 0 fully saturated rings. The van der Waals surface area contributed by atoms with E-state index >= 15 is 0 Å². The minimum absolute atomic E-state index is 0.148. The number of ketones is 3. The highest BCUT2D eigenvalue weighted by atomic mass is 27.3. The molecule has 0 aromatic carbocycles. The molecule has 3 atom stereocenters. The molecule has 3 unspecified atom stereocenters. The van der Waals surface area contributed by atoms with Crippen LogP contribution < -0.4 is 0 Å². The van der Waals surface area contributed by atoms with Gasteiger partial charge in [-0.25, -0.2) is 0 Å². The highest BCUT2D eigenvalue weighted by molar-refractivity contribution is 6.37. The number of hydrogen-bond donors (Lipinski definition) is 0. The smallest absolute Gasteiger partial charge is 0.449 e. The second-order valence-corrected chi connectivity index (χ2v) is 11.9. The molecule has 0 heterocycles. The van der Waals surface area contributed by atoms with Crippen molar-refractivity contribution in [2.75, 3.05) is 0 Å². The third-order valence-electron chi connectivity index (χ3n) is 9.45. The Kier molecular flexibility index (Phi) is 16.3. The Morgan fingerprint density at radius 1 is 0.486 bits per heavy atom. The van der Waals surface area contributed by atoms with E-state index in [1.54, 1.807) is 0 Å². The molecule has 0 radical (unpaired) electrons. The molecule has 0 saturated carbocycles. The zero-order valence-corrected chi connectivity index (χ0v) is 27.3. The molecule has 0 aromatic heterocycles. The van der Waals surface area contributed by atoms with Crippen molar-refractivity contribution in [3.63, 3.8) is 0 Å². The van der Waals surface area contributed by atoms with Gasteiger partial charge in [0.1, 0.15) is 17.3 Å². The van der Waals surface area contributed by atoms with Crippen LogP contribution in [0.15, 0.2) is 0 Å². The maximum atomic E-state index is 12.9. The van der Waals surface area contributed by atoms with Gasteiger partial charge in [-0.15, -0.1) is 0 Å². The molecule has 0 aliphatic carbocycles. The number of carbonyl (C=O) groups is 3. The first-order valence-corrected chi connectivity index (χ1v) is 16.4. The molecule has 216 valence electrons. The van der Waals surface area contributed by atoms with E-state index in [1.165, 1.54) is 0 Å². The average Bonchev–Trinajstić information content (AvgIpc) is 2.94. The van der Waals surface area contributed by atoms with Crippen LogP contribution in [0.5, 0.6) is 0 Å². The van der Waals surface area contributed by atoms with Crippen LogP contribution in [0.1, 0.15) is 141 Å². The van der Waals surface area contributed by atoms with Crippen LogP contribution in [0.25, 0.3) is 0 Å². The Labute approximate surface area is 233 Å². The fraction of sp³-hybridized carbons (Fsp3) is 0.900. The maximum Gasteiger partial charge on any atom is 0.906 e. The van der Waals surface area contributed by atoms with Crippen molar-refractivity contribution in [3.05, 3.63) is 0 Å². The van der Waals surface area contributed by atoms with Crippen LogP contribution in [0, 0.1) is 17.8 Å². The van der Waals surface area contributed by atoms with Gasteiger partial charge >= 0.3 is 15.1 Å². The minimum atomic E-state index is -3.00. The molecule has 0 aromatic rings. The van der Waals surface area contributed by atoms with Gasteiger partial charge in [0, 0.05) is 53.8 Å². The third-order valence-corrected chi connectivity index (χ3v) is 11.4. The molecule has 0 N–H and O–H groups in total. The predicted molar refractivity (Wildman–Crippen MR) is 152 cm³/mol. The molecule has 0 saturated heterocycles. The summed E-state index contributed by atoms with van der Waals surface area (Å²) in [6.45, 7) is 23.7. The van der Waals surface area contributed by atoms with Gasteiger partial charge in [0.05, 0.1) is 0 Å². The summed E-state index contributed by atoms with van der Waals surface area (Å²) in [4.78, 5) is 38.7. The van der Waals surface area contributed by atoms with E-state index < -0.39 is 32.0 Å². The van der Waals surface area contributed by atoms with Crippen LogP contribution in [-0.4, -0.2) is 49.3 Å². The van der Waals surface area contributed by atoms with Gasteiger partial charge in [-0.05, 0) is 38.5 Å². The van der Waals surface area contributed by atoms with Crippen LogP contribution in [0.4, 0.5) is 0 Å². The Morgan fingerprint density at radius 2 is 0.676 bits per heavy atom. The molecule has 7 heteroatoms. The zero-order chi connectivity index (χ0) is 29.0. The normalized spacial score (nSPS) is 15.2. The first-order chi connectivity index (χ1) is 17.3. The Bertz CT molecular complexity index is 614. The maximum absolute atomic E-state index is 12.9. The van der Waals surface area contributed by atoms with Gasteiger partial charge in [0.25, 0.3) is 0 Å². The summed E-state index contributed by atoms with van der Waals surface area (Å²) in [6.07, 6.45) is 5.12. The van der Waals surface area contributed by atoms with Gasteiger partial charge in [0.2, 0.25) is 0 Å². The summed E-state index contributed by atoms with van der Waals surface area (Å²) in [6, 6.07) is 0. The summed E-state index contributed by atoms with van der Waals surface area (Å²) in [7, 11) is 0. The second kappa shape index (κ2) is 16.5. The number of carbonyl (C=O) groups excluding carboxylic acids is 3. The Balaban J connectivity index is 6.87. The van der Waals surface area contributed by atoms with Gasteiger partial charge in [-0.3, -0.25) is 14.4 Å². The van der Waals surface area contributed by atoms with Crippen molar-refractivity contribution in [1.29, 1.82) is 0 Å². The largest absolute Gasteiger partial charge is 0.906 e. The van der Waals surface area contributed by atoms with Crippen molar-refractivity contribution in [3.8, 4) is 0 Å². The lowest BCUT2D eigenvalue weighted by Crippen LogP contribution is -2.57. The van der Waals surface area contributed by atoms with Crippen LogP contribution in [0.3, 0.4) is 0 Å². The van der Waals surface area contributed by atoms with E-state index in [4.69, 9.17) is 11.4 Å². The summed E-state index contributed by atoms with van der Waals surface area (Å²) < 4.78 is 20.8. The predicted octanol–water partition coefficient (Wildman–Crippen LogP) is 7.54. The summed E-state index contributed by atoms with van der Waals surface area (Å²) in [5.74, 6) is -0.529. The van der Waals surface area contributed by atoms with Gasteiger partial charge in [-0.1, -0.05) is 83.1 Å². The van der Waals surface area contributed by atoms with Crippen LogP contribution in [0.2, 0.25) is 0 Å². The second-order valence-electron chi connectivity index (χ2n) is 10.6. The average molecular weight is 541 g/mol. The van der Waals surface area contributed by atoms with E-state index in [0.29, 0.717) is 57.8 Å². The summed E-state index contributed by atoms with van der Waals surface area (Å²) in [5, 5.41) is 0. The van der Waals surface area contributed by atoms with Crippen molar-refractivity contribution in [2.24, 2.45) is 17.8 Å². The zero-order valence-electron chi connectivity index (χ0n) is 26.1. The van der Waals surface area contributed by atoms with E-state index in [1.807, 2.05) is 83.1 Å². The molecule has 0 spiro atoms. The number of rotatable bonds is 21. The molecule has 0 aliphatic rings. The fourth-order valence-corrected chi connectivity index (χ4v) is 8.75. The monoisotopic (exact) mass is 540 g/mol. The molecule has 6 nitrogen and oxygen atoms in total. The summed E-state index contributed by atoms with van der Waals surface area (Å²) >= 11 is -3.00. The standard InChI is InChI=1S/3C10H19O2.Al/c3*1-5-9(11)8(4)10(12,6-2)7-3;/h3*8H,5-7H2,1-4H3;/q3*-1;+3. The van der Waals surface area contributed by atoms with Crippen molar-refractivity contribution in [1.82, 2.24) is 0 Å². The van der Waals surface area contributed by atoms with E-state index in [-0.39, 0.29) is 35.1 Å². The first-order valence-electron chi connectivity index (χ1n) is 14.9. The number of Topliss-reactive ketones (excluding diaryl/α,β-unsaturated/α-hetero) is 3. The molecular formula is C30H57AlO6. The lowest BCUT2D eigenvalue weighted by atomic mass is 9.81. The minimum Gasteiger partial charge on any atom is -0.449 e. The number of hydrogen-bond acceptors (Lipinski definition) is 6. The topological polar surface area (TPSA) is 78.9 Å². The third kappa shape index (κ3) is 8.45. The van der Waals surface area contributed by atoms with Gasteiger partial charge in [-0.2, -0.15) is 0 Å². The lowest BCUT2D eigenvalue weighted by molar-refractivity contribution is -0.152. The fourth-order valence-electron chi connectivity index (χ4n) is 5.84. The van der Waals surface area contributed by atoms with Crippen LogP contribution in [-0.2, 0) is 25.7 Å². The summed E-state index contributed by atoms with van der Waals surface area (Å²) in [5.41, 5.74) is -2.21. The molecule has 0 aliphatic heterocycles. The van der Waals surface area contributed by atoms with Crippen molar-refractivity contribution < 1.29 is 25.7 Å². The van der Waals surface area contributed by atoms with Gasteiger partial charge in [0.15, 0.2) is 0 Å². The van der Waals surface area contributed by atoms with E-state index in [0.717, 1.165) is 0 Å². The van der Waals surface area contributed by atoms with E-state index in [9.17, 15) is 14.4 Å². The molecular weight excluding hydrogens is 483 g/mol. The lowest BCUT2D eigenvalue weighted by Gasteiger charge is -2.46. The van der Waals surface area contributed by atoms with Crippen molar-refractivity contribution in [2.45, 2.75) is 158 Å². The molecule has 0 amide bonds. The SMILES string of the molecule is CCC(=O)C(C)C(CC)(CC)[O][Al]([O]C(CC)(CC)C(C)C(=O)CC)[O]C(CC)(CC)C(C)C(=O)CC. The highest BCUT2D eigenvalue weighted by Gasteiger charge is 2.54. The van der Waals surface area contributed by atoms with Crippen LogP contribution >= 0.6 is 0 Å². The quantitative estimate of drug-likeness (QED) is 0.140. The molecule has 0 bridgehead atoms. The highest BCUT2D eigenvalue weighted by Crippen LogP contribution is 2.40. The molecule has 0 rings (SSSR count). The molecule has 37 heavy (non-hydrogen) atoms.